The van der Waals surface area contributed by atoms with Crippen LogP contribution < -0.4 is 10.1 Å². The zero-order chi connectivity index (χ0) is 15.5. The summed E-state index contributed by atoms with van der Waals surface area (Å²) in [5.41, 5.74) is -0.0465. The molecule has 8 nitrogen and oxygen atoms in total. The second-order valence-electron chi connectivity index (χ2n) is 4.67. The number of carboxylic acids is 1. The van der Waals surface area contributed by atoms with E-state index in [-0.39, 0.29) is 29.4 Å². The molecule has 1 amide bonds. The minimum absolute atomic E-state index is 0.0465. The lowest BCUT2D eigenvalue weighted by molar-refractivity contribution is -0.123. The molecule has 2 N–H and O–H groups in total. The number of ether oxygens (including phenoxy) is 1. The topological polar surface area (TPSA) is 123 Å². The monoisotopic (exact) mass is 314 g/mol. The molecule has 1 aliphatic rings. The second kappa shape index (κ2) is 6.08. The van der Waals surface area contributed by atoms with E-state index < -0.39 is 27.8 Å². The average molecular weight is 314 g/mol. The fourth-order valence-corrected chi connectivity index (χ4v) is 3.62. The predicted octanol–water partition coefficient (Wildman–Crippen LogP) is -0.538. The molecule has 0 saturated carbocycles. The van der Waals surface area contributed by atoms with Crippen molar-refractivity contribution in [3.8, 4) is 5.75 Å². The number of aromatic carboxylic acids is 1. The number of sulfone groups is 1. The Labute approximate surface area is 121 Å². The quantitative estimate of drug-likeness (QED) is 0.748. The summed E-state index contributed by atoms with van der Waals surface area (Å²) in [6.07, 6.45) is 2.85. The van der Waals surface area contributed by atoms with E-state index in [9.17, 15) is 18.0 Å². The standard InChI is InChI=1S/C12H14N2O6S/c15-11(14-9-1-2-21(18,19)7-9)6-20-10-3-8(12(16)17)4-13-5-10/h3-5,9H,1-2,6-7H2,(H,14,15)(H,16,17). The van der Waals surface area contributed by atoms with Crippen molar-refractivity contribution < 1.29 is 27.9 Å². The summed E-state index contributed by atoms with van der Waals surface area (Å²) in [4.78, 5) is 26.1. The first-order valence-corrected chi connectivity index (χ1v) is 7.99. The fraction of sp³-hybridized carbons (Fsp3) is 0.417. The zero-order valence-corrected chi connectivity index (χ0v) is 11.8. The summed E-state index contributed by atoms with van der Waals surface area (Å²) in [6.45, 7) is -0.332. The number of hydrogen-bond donors (Lipinski definition) is 2. The largest absolute Gasteiger partial charge is 0.482 e. The molecule has 114 valence electrons. The van der Waals surface area contributed by atoms with E-state index in [1.54, 1.807) is 0 Å². The Morgan fingerprint density at radius 3 is 2.81 bits per heavy atom. The van der Waals surface area contributed by atoms with Gasteiger partial charge in [0.15, 0.2) is 16.4 Å². The summed E-state index contributed by atoms with van der Waals surface area (Å²) in [7, 11) is -3.05. The highest BCUT2D eigenvalue weighted by Crippen LogP contribution is 2.12. The van der Waals surface area contributed by atoms with E-state index in [4.69, 9.17) is 9.84 Å². The first-order chi connectivity index (χ1) is 9.85. The third-order valence-corrected chi connectivity index (χ3v) is 4.70. The summed E-state index contributed by atoms with van der Waals surface area (Å²) in [5, 5.41) is 11.4. The van der Waals surface area contributed by atoms with Crippen molar-refractivity contribution in [2.75, 3.05) is 18.1 Å². The van der Waals surface area contributed by atoms with E-state index >= 15 is 0 Å². The summed E-state index contributed by atoms with van der Waals surface area (Å²) < 4.78 is 27.6. The van der Waals surface area contributed by atoms with Crippen LogP contribution in [0.5, 0.6) is 5.75 Å². The molecule has 1 saturated heterocycles. The van der Waals surface area contributed by atoms with Crippen LogP contribution in [0.4, 0.5) is 0 Å². The molecule has 0 spiro atoms. The summed E-state index contributed by atoms with van der Waals surface area (Å²) in [5.74, 6) is -1.44. The molecule has 1 unspecified atom stereocenters. The number of carbonyl (C=O) groups is 2. The van der Waals surface area contributed by atoms with Crippen LogP contribution in [-0.2, 0) is 14.6 Å². The number of pyridine rings is 1. The van der Waals surface area contributed by atoms with Crippen LogP contribution in [0.3, 0.4) is 0 Å². The fourth-order valence-electron chi connectivity index (χ4n) is 1.94. The molecule has 1 aliphatic heterocycles. The SMILES string of the molecule is O=C(COc1cncc(C(=O)O)c1)NC1CCS(=O)(=O)C1. The van der Waals surface area contributed by atoms with Gasteiger partial charge in [-0.15, -0.1) is 0 Å². The van der Waals surface area contributed by atoms with Gasteiger partial charge in [-0.3, -0.25) is 9.78 Å². The molecule has 1 aromatic heterocycles. The van der Waals surface area contributed by atoms with Crippen molar-refractivity contribution in [2.24, 2.45) is 0 Å². The number of rotatable bonds is 5. The maximum absolute atomic E-state index is 11.6. The number of hydrogen-bond acceptors (Lipinski definition) is 6. The Balaban J connectivity index is 1.84. The molecule has 9 heteroatoms. The van der Waals surface area contributed by atoms with Crippen molar-refractivity contribution in [1.82, 2.24) is 10.3 Å². The van der Waals surface area contributed by atoms with Crippen molar-refractivity contribution in [1.29, 1.82) is 0 Å². The molecule has 1 fully saturated rings. The van der Waals surface area contributed by atoms with E-state index in [2.05, 4.69) is 10.3 Å². The molecule has 0 bridgehead atoms. The predicted molar refractivity (Wildman–Crippen MR) is 71.9 cm³/mol. The Bertz CT molecular complexity index is 657. The van der Waals surface area contributed by atoms with Crippen LogP contribution in [0.2, 0.25) is 0 Å². The summed E-state index contributed by atoms with van der Waals surface area (Å²) in [6, 6.07) is 0.859. The van der Waals surface area contributed by atoms with E-state index in [0.29, 0.717) is 6.42 Å². The lowest BCUT2D eigenvalue weighted by atomic mass is 10.2. The Morgan fingerprint density at radius 1 is 1.43 bits per heavy atom. The number of amides is 1. The van der Waals surface area contributed by atoms with E-state index in [1.165, 1.54) is 18.5 Å². The van der Waals surface area contributed by atoms with Gasteiger partial charge >= 0.3 is 5.97 Å². The Kier molecular flexibility index (Phi) is 4.41. The van der Waals surface area contributed by atoms with Gasteiger partial charge in [0.05, 0.1) is 23.3 Å². The lowest BCUT2D eigenvalue weighted by Gasteiger charge is -2.11. The van der Waals surface area contributed by atoms with Gasteiger partial charge in [-0.2, -0.15) is 0 Å². The highest BCUT2D eigenvalue weighted by Gasteiger charge is 2.28. The van der Waals surface area contributed by atoms with Gasteiger partial charge in [-0.05, 0) is 12.5 Å². The highest BCUT2D eigenvalue weighted by molar-refractivity contribution is 7.91. The average Bonchev–Trinajstić information content (AvgIpc) is 2.76. The maximum atomic E-state index is 11.6. The van der Waals surface area contributed by atoms with Gasteiger partial charge in [0, 0.05) is 12.2 Å². The molecule has 0 radical (unpaired) electrons. The van der Waals surface area contributed by atoms with Gasteiger partial charge in [0.1, 0.15) is 5.75 Å². The zero-order valence-electron chi connectivity index (χ0n) is 11.0. The molecule has 1 aromatic rings. The maximum Gasteiger partial charge on any atom is 0.337 e. The molecule has 0 aliphatic carbocycles. The lowest BCUT2D eigenvalue weighted by Crippen LogP contribution is -2.38. The van der Waals surface area contributed by atoms with Crippen molar-refractivity contribution in [3.05, 3.63) is 24.0 Å². The molecule has 0 aromatic carbocycles. The van der Waals surface area contributed by atoms with E-state index in [1.807, 2.05) is 0 Å². The molecule has 21 heavy (non-hydrogen) atoms. The smallest absolute Gasteiger partial charge is 0.337 e. The number of carboxylic acid groups (broad SMARTS) is 1. The normalized spacial score (nSPS) is 19.9. The number of nitrogens with zero attached hydrogens (tertiary/aromatic N) is 1. The molecular formula is C12H14N2O6S. The number of carbonyl (C=O) groups excluding carboxylic acids is 1. The van der Waals surface area contributed by atoms with Crippen LogP contribution in [0, 0.1) is 0 Å². The first-order valence-electron chi connectivity index (χ1n) is 6.17. The van der Waals surface area contributed by atoms with Crippen molar-refractivity contribution in [2.45, 2.75) is 12.5 Å². The minimum atomic E-state index is -3.05. The minimum Gasteiger partial charge on any atom is -0.482 e. The molecule has 2 heterocycles. The van der Waals surface area contributed by atoms with Gasteiger partial charge in [-0.1, -0.05) is 0 Å². The van der Waals surface area contributed by atoms with Crippen LogP contribution in [0.25, 0.3) is 0 Å². The number of nitrogens with one attached hydrogen (secondary N) is 1. The van der Waals surface area contributed by atoms with Crippen LogP contribution in [0.15, 0.2) is 18.5 Å². The van der Waals surface area contributed by atoms with Gasteiger partial charge < -0.3 is 15.2 Å². The number of aromatic nitrogens is 1. The molecule has 1 atom stereocenters. The van der Waals surface area contributed by atoms with Crippen LogP contribution in [0.1, 0.15) is 16.8 Å². The van der Waals surface area contributed by atoms with Crippen LogP contribution >= 0.6 is 0 Å². The first kappa shape index (κ1) is 15.2. The molecular weight excluding hydrogens is 300 g/mol. The second-order valence-corrected chi connectivity index (χ2v) is 6.90. The Hall–Kier alpha value is -2.16. The van der Waals surface area contributed by atoms with Crippen LogP contribution in [-0.4, -0.2) is 54.5 Å². The van der Waals surface area contributed by atoms with Crippen molar-refractivity contribution in [3.63, 3.8) is 0 Å². The van der Waals surface area contributed by atoms with Gasteiger partial charge in [0.2, 0.25) is 0 Å². The third-order valence-electron chi connectivity index (χ3n) is 2.93. The third kappa shape index (κ3) is 4.42. The summed E-state index contributed by atoms with van der Waals surface area (Å²) >= 11 is 0. The Morgan fingerprint density at radius 2 is 2.19 bits per heavy atom. The highest BCUT2D eigenvalue weighted by atomic mass is 32.2. The van der Waals surface area contributed by atoms with Crippen molar-refractivity contribution >= 4 is 21.7 Å². The van der Waals surface area contributed by atoms with Gasteiger partial charge in [-0.25, -0.2) is 13.2 Å². The molecule has 2 rings (SSSR count). The van der Waals surface area contributed by atoms with Gasteiger partial charge in [0.25, 0.3) is 5.91 Å². The van der Waals surface area contributed by atoms with E-state index in [0.717, 1.165) is 0 Å².